The number of aliphatic hydroxyl groups is 2. The fraction of sp³-hybridized carbons (Fsp3) is 1.00. The second-order valence-electron chi connectivity index (χ2n) is 0.743. The highest BCUT2D eigenvalue weighted by Gasteiger charge is 1.94. The molecule has 0 aliphatic heterocycles. The summed E-state index contributed by atoms with van der Waals surface area (Å²) in [6.07, 6.45) is -1.45. The second kappa shape index (κ2) is 3.05. The molecule has 3 N–H and O–H groups in total. The van der Waals surface area contributed by atoms with Gasteiger partial charge in [-0.25, -0.2) is 10.1 Å². The third-order valence-electron chi connectivity index (χ3n) is 0.278. The lowest BCUT2D eigenvalue weighted by atomic mass is 10.7. The summed E-state index contributed by atoms with van der Waals surface area (Å²) in [6.45, 7) is -0.587. The fourth-order valence-electron chi connectivity index (χ4n) is 0.0333. The van der Waals surface area contributed by atoms with Crippen LogP contribution in [0.1, 0.15) is 0 Å². The van der Waals surface area contributed by atoms with Gasteiger partial charge in [0.2, 0.25) is 6.29 Å². The van der Waals surface area contributed by atoms with Gasteiger partial charge in [0.15, 0.2) is 0 Å². The van der Waals surface area contributed by atoms with Crippen molar-refractivity contribution < 1.29 is 20.4 Å². The molecular weight excluding hydrogens is 88.0 g/mol. The molecule has 0 radical (unpaired) electrons. The molecule has 0 amide bonds. The van der Waals surface area contributed by atoms with Crippen LogP contribution < -0.4 is 0 Å². The zero-order chi connectivity index (χ0) is 4.99. The van der Waals surface area contributed by atoms with Crippen molar-refractivity contribution in [1.82, 2.24) is 0 Å². The maximum absolute atomic E-state index is 7.94. The van der Waals surface area contributed by atoms with Crippen molar-refractivity contribution in [2.75, 3.05) is 6.61 Å². The fourth-order valence-corrected chi connectivity index (χ4v) is 0.0333. The molecule has 0 fully saturated rings. The van der Waals surface area contributed by atoms with Crippen molar-refractivity contribution in [1.29, 1.82) is 0 Å². The van der Waals surface area contributed by atoms with Crippen LogP contribution in [0, 0.1) is 0 Å². The monoisotopic (exact) mass is 94.0 g/mol. The molecule has 4 nitrogen and oxygen atoms in total. The first kappa shape index (κ1) is 5.84. The van der Waals surface area contributed by atoms with E-state index in [0.717, 1.165) is 0 Å². The molecule has 0 aliphatic carbocycles. The predicted molar refractivity (Wildman–Crippen MR) is 16.8 cm³/mol. The molecule has 1 unspecified atom stereocenters. The molecule has 4 heteroatoms. The molecule has 0 aromatic carbocycles. The Morgan fingerprint density at radius 3 is 2.17 bits per heavy atom. The number of rotatable bonds is 2. The topological polar surface area (TPSA) is 69.9 Å². The Bertz CT molecular complexity index is 24.7. The molecule has 0 aliphatic rings. The van der Waals surface area contributed by atoms with E-state index in [4.69, 9.17) is 15.5 Å². The smallest absolute Gasteiger partial charge is 0.211 e. The Balaban J connectivity index is 2.75. The van der Waals surface area contributed by atoms with Crippen molar-refractivity contribution in [3.63, 3.8) is 0 Å². The van der Waals surface area contributed by atoms with E-state index in [-0.39, 0.29) is 0 Å². The van der Waals surface area contributed by atoms with Gasteiger partial charge in [-0.2, -0.15) is 0 Å². The van der Waals surface area contributed by atoms with Gasteiger partial charge in [0.05, 0.1) is 6.61 Å². The second-order valence-corrected chi connectivity index (χ2v) is 0.743. The lowest BCUT2D eigenvalue weighted by Gasteiger charge is -1.96. The summed E-state index contributed by atoms with van der Waals surface area (Å²) in [7, 11) is 0. The minimum absolute atomic E-state index is 0.587. The zero-order valence-electron chi connectivity index (χ0n) is 3.03. The molecule has 0 heterocycles. The predicted octanol–water partition coefficient (Wildman–Crippen LogP) is -1.21. The molecule has 1 atom stereocenters. The van der Waals surface area contributed by atoms with Gasteiger partial charge in [-0.3, -0.25) is 0 Å². The molecule has 0 rings (SSSR count). The molecular formula is C2H6O4. The molecule has 6 heavy (non-hydrogen) atoms. The Morgan fingerprint density at radius 2 is 2.17 bits per heavy atom. The summed E-state index contributed by atoms with van der Waals surface area (Å²) >= 11 is 0. The van der Waals surface area contributed by atoms with E-state index in [1.807, 2.05) is 0 Å². The van der Waals surface area contributed by atoms with Crippen LogP contribution in [0.5, 0.6) is 0 Å². The van der Waals surface area contributed by atoms with Crippen LogP contribution in [0.25, 0.3) is 0 Å². The SMILES string of the molecule is OCC(O)OO. The van der Waals surface area contributed by atoms with E-state index in [1.165, 1.54) is 0 Å². The van der Waals surface area contributed by atoms with E-state index in [9.17, 15) is 0 Å². The highest BCUT2D eigenvalue weighted by atomic mass is 17.1. The van der Waals surface area contributed by atoms with Gasteiger partial charge in [0.1, 0.15) is 0 Å². The Morgan fingerprint density at radius 1 is 1.67 bits per heavy atom. The Kier molecular flexibility index (Phi) is 2.97. The third kappa shape index (κ3) is 2.10. The highest BCUT2D eigenvalue weighted by molar-refractivity contribution is 4.23. The van der Waals surface area contributed by atoms with Crippen LogP contribution in [0.4, 0.5) is 0 Å². The zero-order valence-corrected chi connectivity index (χ0v) is 3.03. The first-order valence-corrected chi connectivity index (χ1v) is 1.40. The van der Waals surface area contributed by atoms with Gasteiger partial charge in [-0.05, 0) is 0 Å². The van der Waals surface area contributed by atoms with Crippen LogP contribution in [-0.2, 0) is 4.89 Å². The van der Waals surface area contributed by atoms with Crippen molar-refractivity contribution in [3.8, 4) is 0 Å². The van der Waals surface area contributed by atoms with Crippen LogP contribution >= 0.6 is 0 Å². The van der Waals surface area contributed by atoms with Crippen LogP contribution in [0.15, 0.2) is 0 Å². The molecule has 0 saturated carbocycles. The van der Waals surface area contributed by atoms with Gasteiger partial charge in [-0.1, -0.05) is 0 Å². The highest BCUT2D eigenvalue weighted by Crippen LogP contribution is 1.74. The largest absolute Gasteiger partial charge is 0.391 e. The van der Waals surface area contributed by atoms with E-state index >= 15 is 0 Å². The average molecular weight is 94.1 g/mol. The number of hydrogen-bond acceptors (Lipinski definition) is 4. The lowest BCUT2D eigenvalue weighted by Crippen LogP contribution is -2.13. The van der Waals surface area contributed by atoms with Crippen molar-refractivity contribution in [2.24, 2.45) is 0 Å². The van der Waals surface area contributed by atoms with E-state index in [2.05, 4.69) is 4.89 Å². The summed E-state index contributed by atoms with van der Waals surface area (Å²) < 4.78 is 0. The summed E-state index contributed by atoms with van der Waals surface area (Å²) in [5.41, 5.74) is 0. The summed E-state index contributed by atoms with van der Waals surface area (Å²) in [5, 5.41) is 23.2. The van der Waals surface area contributed by atoms with Gasteiger partial charge in [-0.15, -0.1) is 0 Å². The summed E-state index contributed by atoms with van der Waals surface area (Å²) in [6, 6.07) is 0. The molecule has 38 valence electrons. The molecule has 0 saturated heterocycles. The minimum atomic E-state index is -1.45. The van der Waals surface area contributed by atoms with Crippen LogP contribution in [-0.4, -0.2) is 28.4 Å². The van der Waals surface area contributed by atoms with Crippen molar-refractivity contribution in [3.05, 3.63) is 0 Å². The quantitative estimate of drug-likeness (QED) is 0.228. The minimum Gasteiger partial charge on any atom is -0.391 e. The molecule has 0 aromatic rings. The number of aliphatic hydroxyl groups excluding tert-OH is 2. The summed E-state index contributed by atoms with van der Waals surface area (Å²) in [4.78, 5) is 3.20. The van der Waals surface area contributed by atoms with Crippen LogP contribution in [0.3, 0.4) is 0 Å². The first-order valence-electron chi connectivity index (χ1n) is 1.40. The maximum atomic E-state index is 7.94. The first-order chi connectivity index (χ1) is 2.81. The average Bonchev–Trinajstić information content (AvgIpc) is 1.65. The Labute approximate surface area is 34.5 Å². The van der Waals surface area contributed by atoms with E-state index in [0.29, 0.717) is 0 Å². The Hall–Kier alpha value is -0.160. The third-order valence-corrected chi connectivity index (χ3v) is 0.278. The molecule has 0 bridgehead atoms. The van der Waals surface area contributed by atoms with E-state index in [1.54, 1.807) is 0 Å². The van der Waals surface area contributed by atoms with Crippen molar-refractivity contribution in [2.45, 2.75) is 6.29 Å². The van der Waals surface area contributed by atoms with Crippen molar-refractivity contribution >= 4 is 0 Å². The van der Waals surface area contributed by atoms with Crippen LogP contribution in [0.2, 0.25) is 0 Å². The maximum Gasteiger partial charge on any atom is 0.211 e. The summed E-state index contributed by atoms with van der Waals surface area (Å²) in [5.74, 6) is 0. The molecule has 0 spiro atoms. The molecule has 0 aromatic heterocycles. The van der Waals surface area contributed by atoms with Gasteiger partial charge >= 0.3 is 0 Å². The standard InChI is InChI=1S/C2H6O4/c3-1-2(4)6-5/h2-5H,1H2. The lowest BCUT2D eigenvalue weighted by molar-refractivity contribution is -0.340. The van der Waals surface area contributed by atoms with Gasteiger partial charge < -0.3 is 10.2 Å². The van der Waals surface area contributed by atoms with Gasteiger partial charge in [0, 0.05) is 0 Å². The number of hydrogen-bond donors (Lipinski definition) is 3. The van der Waals surface area contributed by atoms with E-state index < -0.39 is 12.9 Å². The van der Waals surface area contributed by atoms with Gasteiger partial charge in [0.25, 0.3) is 0 Å². The normalized spacial score (nSPS) is 14.5.